The highest BCUT2D eigenvalue weighted by atomic mass is 32.2. The second-order valence-electron chi connectivity index (χ2n) is 5.33. The van der Waals surface area contributed by atoms with Gasteiger partial charge in [-0.05, 0) is 17.7 Å². The van der Waals surface area contributed by atoms with Crippen LogP contribution in [0.1, 0.15) is 5.56 Å². The maximum absolute atomic E-state index is 10.3. The lowest BCUT2D eigenvalue weighted by Crippen LogP contribution is -2.47. The summed E-state index contributed by atoms with van der Waals surface area (Å²) < 4.78 is 0. The topological polar surface area (TPSA) is 39.6 Å². The van der Waals surface area contributed by atoms with Gasteiger partial charge in [-0.1, -0.05) is 0 Å². The lowest BCUT2D eigenvalue weighted by atomic mass is 10.2. The molecule has 2 fully saturated rings. The fourth-order valence-electron chi connectivity index (χ4n) is 2.99. The normalized spacial score (nSPS) is 29.7. The largest absolute Gasteiger partial charge is 0.390 e. The molecule has 0 amide bonds. The number of aliphatic hydroxyl groups excluding tert-OH is 1. The zero-order chi connectivity index (χ0) is 13.1. The van der Waals surface area contributed by atoms with E-state index < -0.39 is 0 Å². The third-order valence-electron chi connectivity index (χ3n) is 4.00. The number of aliphatic hydroxyl groups is 1. The highest BCUT2D eigenvalue weighted by Gasteiger charge is 2.35. The van der Waals surface area contributed by atoms with Gasteiger partial charge in [-0.15, -0.1) is 0 Å². The van der Waals surface area contributed by atoms with Crippen LogP contribution in [0.15, 0.2) is 24.5 Å². The van der Waals surface area contributed by atoms with Gasteiger partial charge in [-0.3, -0.25) is 14.8 Å². The number of likely N-dealkylation sites (tertiary alicyclic amines) is 1. The van der Waals surface area contributed by atoms with E-state index in [2.05, 4.69) is 26.9 Å². The van der Waals surface area contributed by atoms with Gasteiger partial charge in [-0.2, -0.15) is 11.8 Å². The molecule has 0 aromatic carbocycles. The monoisotopic (exact) mass is 279 g/mol. The van der Waals surface area contributed by atoms with Crippen molar-refractivity contribution >= 4 is 11.8 Å². The molecule has 4 nitrogen and oxygen atoms in total. The van der Waals surface area contributed by atoms with Crippen LogP contribution in [0.4, 0.5) is 0 Å². The number of nitrogens with zero attached hydrogens (tertiary/aromatic N) is 3. The Balaban J connectivity index is 1.58. The van der Waals surface area contributed by atoms with Crippen LogP contribution in [-0.4, -0.2) is 69.7 Å². The smallest absolute Gasteiger partial charge is 0.0834 e. The molecule has 2 aliphatic rings. The Bertz CT molecular complexity index is 397. The quantitative estimate of drug-likeness (QED) is 0.881. The molecule has 2 aliphatic heterocycles. The van der Waals surface area contributed by atoms with Crippen LogP contribution in [0.25, 0.3) is 0 Å². The Hall–Kier alpha value is -0.620. The van der Waals surface area contributed by atoms with Gasteiger partial charge in [0, 0.05) is 62.7 Å². The molecule has 0 bridgehead atoms. The molecule has 19 heavy (non-hydrogen) atoms. The Morgan fingerprint density at radius 3 is 2.68 bits per heavy atom. The molecule has 2 saturated heterocycles. The predicted octanol–water partition coefficient (Wildman–Crippen LogP) is 0.675. The molecule has 0 aliphatic carbocycles. The Morgan fingerprint density at radius 2 is 1.95 bits per heavy atom. The van der Waals surface area contributed by atoms with Crippen molar-refractivity contribution in [3.63, 3.8) is 0 Å². The van der Waals surface area contributed by atoms with E-state index in [1.165, 1.54) is 17.1 Å². The van der Waals surface area contributed by atoms with Crippen LogP contribution in [0, 0.1) is 0 Å². The average molecular weight is 279 g/mol. The van der Waals surface area contributed by atoms with Crippen molar-refractivity contribution in [3.05, 3.63) is 30.1 Å². The van der Waals surface area contributed by atoms with Gasteiger partial charge in [0.25, 0.3) is 0 Å². The first-order chi connectivity index (χ1) is 9.33. The van der Waals surface area contributed by atoms with Crippen LogP contribution in [-0.2, 0) is 6.54 Å². The number of pyridine rings is 1. The second kappa shape index (κ2) is 6.22. The van der Waals surface area contributed by atoms with Crippen LogP contribution >= 0.6 is 11.8 Å². The minimum absolute atomic E-state index is 0.204. The summed E-state index contributed by atoms with van der Waals surface area (Å²) in [4.78, 5) is 8.86. The van der Waals surface area contributed by atoms with Gasteiger partial charge in [0.2, 0.25) is 0 Å². The molecule has 0 unspecified atom stereocenters. The molecule has 0 saturated carbocycles. The summed E-state index contributed by atoms with van der Waals surface area (Å²) in [7, 11) is 0. The third kappa shape index (κ3) is 3.28. The molecule has 5 heteroatoms. The van der Waals surface area contributed by atoms with E-state index in [1.54, 1.807) is 0 Å². The Morgan fingerprint density at radius 1 is 1.21 bits per heavy atom. The Kier molecular flexibility index (Phi) is 4.38. The van der Waals surface area contributed by atoms with Crippen LogP contribution in [0.5, 0.6) is 0 Å². The van der Waals surface area contributed by atoms with Crippen molar-refractivity contribution in [1.82, 2.24) is 14.8 Å². The van der Waals surface area contributed by atoms with E-state index in [1.807, 2.05) is 24.2 Å². The first-order valence-corrected chi connectivity index (χ1v) is 8.09. The molecule has 3 heterocycles. The van der Waals surface area contributed by atoms with Gasteiger partial charge in [0.05, 0.1) is 6.10 Å². The fourth-order valence-corrected chi connectivity index (χ4v) is 3.92. The SMILES string of the molecule is O[C@H]1CN(Cc2ccncc2)C[C@@H]1N1CCSCC1. The minimum Gasteiger partial charge on any atom is -0.390 e. The number of thioether (sulfide) groups is 1. The molecule has 2 atom stereocenters. The van der Waals surface area contributed by atoms with Gasteiger partial charge in [-0.25, -0.2) is 0 Å². The Labute approximate surface area is 118 Å². The number of β-amino-alcohol motifs (C(OH)–C–C–N with tert-alkyl or cyclic N) is 1. The van der Waals surface area contributed by atoms with Crippen LogP contribution in [0.3, 0.4) is 0 Å². The van der Waals surface area contributed by atoms with Gasteiger partial charge >= 0.3 is 0 Å². The maximum atomic E-state index is 10.3. The molecule has 0 radical (unpaired) electrons. The summed E-state index contributed by atoms with van der Waals surface area (Å²) in [6.45, 7) is 4.93. The predicted molar refractivity (Wildman–Crippen MR) is 78.2 cm³/mol. The first-order valence-electron chi connectivity index (χ1n) is 6.94. The standard InChI is InChI=1S/C14H21N3OS/c18-14-11-16(9-12-1-3-15-4-2-12)10-13(14)17-5-7-19-8-6-17/h1-4,13-14,18H,5-11H2/t13-,14-/m0/s1. The summed E-state index contributed by atoms with van der Waals surface area (Å²) in [6, 6.07) is 4.43. The van der Waals surface area contributed by atoms with Crippen molar-refractivity contribution in [3.8, 4) is 0 Å². The molecule has 1 aromatic rings. The minimum atomic E-state index is -0.204. The molecule has 104 valence electrons. The summed E-state index contributed by atoms with van der Waals surface area (Å²) in [5.74, 6) is 2.40. The molecule has 1 N–H and O–H groups in total. The van der Waals surface area contributed by atoms with Crippen molar-refractivity contribution in [2.24, 2.45) is 0 Å². The van der Waals surface area contributed by atoms with E-state index in [0.29, 0.717) is 6.04 Å². The van der Waals surface area contributed by atoms with Crippen LogP contribution in [0.2, 0.25) is 0 Å². The van der Waals surface area contributed by atoms with E-state index in [0.717, 1.165) is 32.7 Å². The number of hydrogen-bond acceptors (Lipinski definition) is 5. The average Bonchev–Trinajstić information content (AvgIpc) is 2.82. The highest BCUT2D eigenvalue weighted by Crippen LogP contribution is 2.21. The second-order valence-corrected chi connectivity index (χ2v) is 6.56. The lowest BCUT2D eigenvalue weighted by molar-refractivity contribution is 0.0893. The number of aromatic nitrogens is 1. The fraction of sp³-hybridized carbons (Fsp3) is 0.643. The lowest BCUT2D eigenvalue weighted by Gasteiger charge is -2.33. The summed E-state index contributed by atoms with van der Waals surface area (Å²) in [5.41, 5.74) is 1.28. The zero-order valence-electron chi connectivity index (χ0n) is 11.1. The van der Waals surface area contributed by atoms with E-state index in [9.17, 15) is 5.11 Å². The van der Waals surface area contributed by atoms with Crippen molar-refractivity contribution in [1.29, 1.82) is 0 Å². The summed E-state index contributed by atoms with van der Waals surface area (Å²) in [5, 5.41) is 10.3. The van der Waals surface area contributed by atoms with E-state index >= 15 is 0 Å². The van der Waals surface area contributed by atoms with Crippen molar-refractivity contribution in [2.45, 2.75) is 18.7 Å². The van der Waals surface area contributed by atoms with Crippen LogP contribution < -0.4 is 0 Å². The van der Waals surface area contributed by atoms with Gasteiger partial charge in [0.15, 0.2) is 0 Å². The first kappa shape index (κ1) is 13.4. The molecule has 0 spiro atoms. The summed E-state index contributed by atoms with van der Waals surface area (Å²) in [6.07, 6.45) is 3.47. The molecular formula is C14H21N3OS. The maximum Gasteiger partial charge on any atom is 0.0834 e. The molecule has 3 rings (SSSR count). The van der Waals surface area contributed by atoms with Gasteiger partial charge < -0.3 is 5.11 Å². The van der Waals surface area contributed by atoms with Crippen molar-refractivity contribution < 1.29 is 5.11 Å². The number of rotatable bonds is 3. The van der Waals surface area contributed by atoms with Crippen molar-refractivity contribution in [2.75, 3.05) is 37.7 Å². The van der Waals surface area contributed by atoms with E-state index in [-0.39, 0.29) is 6.10 Å². The molecule has 1 aromatic heterocycles. The van der Waals surface area contributed by atoms with Gasteiger partial charge in [0.1, 0.15) is 0 Å². The molecular weight excluding hydrogens is 258 g/mol. The highest BCUT2D eigenvalue weighted by molar-refractivity contribution is 7.99. The summed E-state index contributed by atoms with van der Waals surface area (Å²) >= 11 is 2.02. The van der Waals surface area contributed by atoms with E-state index in [4.69, 9.17) is 0 Å². The number of hydrogen-bond donors (Lipinski definition) is 1. The third-order valence-corrected chi connectivity index (χ3v) is 4.95. The zero-order valence-corrected chi connectivity index (χ0v) is 11.9.